The van der Waals surface area contributed by atoms with Gasteiger partial charge in [-0.05, 0) is 37.9 Å². The summed E-state index contributed by atoms with van der Waals surface area (Å²) in [7, 11) is 0. The third kappa shape index (κ3) is 4.18. The highest BCUT2D eigenvalue weighted by Crippen LogP contribution is 2.21. The number of halogens is 1. The Morgan fingerprint density at radius 2 is 2.32 bits per heavy atom. The summed E-state index contributed by atoms with van der Waals surface area (Å²) in [4.78, 5) is 29.5. The van der Waals surface area contributed by atoms with E-state index in [-0.39, 0.29) is 11.8 Å². The molecule has 1 aromatic heterocycles. The Kier molecular flexibility index (Phi) is 5.74. The average molecular weight is 326 g/mol. The van der Waals surface area contributed by atoms with Gasteiger partial charge in [-0.1, -0.05) is 18.5 Å². The maximum Gasteiger partial charge on any atom is 0.320 e. The van der Waals surface area contributed by atoms with Crippen LogP contribution in [0.5, 0.6) is 0 Å². The summed E-state index contributed by atoms with van der Waals surface area (Å²) in [5, 5.41) is 12.5. The van der Waals surface area contributed by atoms with Crippen LogP contribution < -0.4 is 5.32 Å². The summed E-state index contributed by atoms with van der Waals surface area (Å²) >= 11 is 5.76. The number of nitrogens with one attached hydrogen (secondary N) is 1. The van der Waals surface area contributed by atoms with Crippen LogP contribution in [-0.4, -0.2) is 46.0 Å². The van der Waals surface area contributed by atoms with Crippen molar-refractivity contribution < 1.29 is 14.7 Å². The predicted octanol–water partition coefficient (Wildman–Crippen LogP) is 2.25. The number of amides is 1. The molecule has 0 aliphatic carbocycles. The lowest BCUT2D eigenvalue weighted by molar-refractivity contribution is -0.145. The van der Waals surface area contributed by atoms with Gasteiger partial charge in [-0.25, -0.2) is 4.98 Å². The molecule has 7 heteroatoms. The van der Waals surface area contributed by atoms with Gasteiger partial charge >= 0.3 is 5.97 Å². The van der Waals surface area contributed by atoms with Gasteiger partial charge in [0.15, 0.2) is 0 Å². The molecule has 6 nitrogen and oxygen atoms in total. The number of hydrogen-bond acceptors (Lipinski definition) is 4. The number of piperidine rings is 1. The molecular formula is C15H20ClN3O3. The molecule has 1 aromatic rings. The van der Waals surface area contributed by atoms with Crippen molar-refractivity contribution in [2.75, 3.05) is 18.4 Å². The highest BCUT2D eigenvalue weighted by Gasteiger charge is 2.32. The number of carboxylic acids is 1. The van der Waals surface area contributed by atoms with E-state index >= 15 is 0 Å². The van der Waals surface area contributed by atoms with Crippen molar-refractivity contribution in [1.82, 2.24) is 9.88 Å². The van der Waals surface area contributed by atoms with E-state index in [0.29, 0.717) is 30.4 Å². The number of carbonyl (C=O) groups is 2. The standard InChI is InChI=1S/C15H20ClN3O3/c1-2-12(15(21)22)19-7-3-4-10(9-19)14(20)18-13-6-5-11(16)8-17-13/h5-6,8,10,12H,2-4,7,9H2,1H3,(H,21,22)(H,17,18,20). The Morgan fingerprint density at radius 1 is 1.55 bits per heavy atom. The molecule has 1 fully saturated rings. The van der Waals surface area contributed by atoms with Crippen molar-refractivity contribution in [2.24, 2.45) is 5.92 Å². The van der Waals surface area contributed by atoms with E-state index in [1.807, 2.05) is 11.8 Å². The summed E-state index contributed by atoms with van der Waals surface area (Å²) in [5.74, 6) is -0.723. The molecule has 120 valence electrons. The lowest BCUT2D eigenvalue weighted by Crippen LogP contribution is -2.48. The topological polar surface area (TPSA) is 82.5 Å². The zero-order valence-electron chi connectivity index (χ0n) is 12.5. The van der Waals surface area contributed by atoms with Crippen molar-refractivity contribution in [3.05, 3.63) is 23.4 Å². The Labute approximate surface area is 134 Å². The highest BCUT2D eigenvalue weighted by atomic mass is 35.5. The first kappa shape index (κ1) is 16.7. The van der Waals surface area contributed by atoms with Gasteiger partial charge in [-0.2, -0.15) is 0 Å². The smallest absolute Gasteiger partial charge is 0.320 e. The summed E-state index contributed by atoms with van der Waals surface area (Å²) in [6, 6.07) is 2.78. The first-order chi connectivity index (χ1) is 10.5. The quantitative estimate of drug-likeness (QED) is 0.867. The molecule has 1 aliphatic heterocycles. The molecule has 0 saturated carbocycles. The fourth-order valence-electron chi connectivity index (χ4n) is 2.77. The zero-order chi connectivity index (χ0) is 16.1. The maximum absolute atomic E-state index is 12.3. The molecule has 1 saturated heterocycles. The monoisotopic (exact) mass is 325 g/mol. The van der Waals surface area contributed by atoms with Crippen molar-refractivity contribution in [3.8, 4) is 0 Å². The number of aromatic nitrogens is 1. The molecule has 22 heavy (non-hydrogen) atoms. The van der Waals surface area contributed by atoms with Gasteiger partial charge in [0, 0.05) is 12.7 Å². The summed E-state index contributed by atoms with van der Waals surface area (Å²) < 4.78 is 0. The number of pyridine rings is 1. The normalized spacial score (nSPS) is 20.4. The largest absolute Gasteiger partial charge is 0.480 e. The Balaban J connectivity index is 1.97. The maximum atomic E-state index is 12.3. The van der Waals surface area contributed by atoms with E-state index in [4.69, 9.17) is 11.6 Å². The number of carboxylic acid groups (broad SMARTS) is 1. The van der Waals surface area contributed by atoms with Gasteiger partial charge in [-0.3, -0.25) is 14.5 Å². The van der Waals surface area contributed by atoms with Crippen LogP contribution in [0, 0.1) is 5.92 Å². The van der Waals surface area contributed by atoms with Gasteiger partial charge in [0.2, 0.25) is 5.91 Å². The number of likely N-dealkylation sites (tertiary alicyclic amines) is 1. The molecule has 2 atom stereocenters. The van der Waals surface area contributed by atoms with E-state index in [9.17, 15) is 14.7 Å². The molecule has 0 bridgehead atoms. The fraction of sp³-hybridized carbons (Fsp3) is 0.533. The molecule has 1 aliphatic rings. The Bertz CT molecular complexity index is 535. The molecule has 0 radical (unpaired) electrons. The van der Waals surface area contributed by atoms with Crippen molar-refractivity contribution >= 4 is 29.3 Å². The SMILES string of the molecule is CCC(C(=O)O)N1CCCC(C(=O)Nc2ccc(Cl)cn2)C1. The van der Waals surface area contributed by atoms with Crippen molar-refractivity contribution in [2.45, 2.75) is 32.2 Å². The third-order valence-corrected chi connectivity index (χ3v) is 4.14. The van der Waals surface area contributed by atoms with Gasteiger partial charge in [0.25, 0.3) is 0 Å². The van der Waals surface area contributed by atoms with Crippen molar-refractivity contribution in [3.63, 3.8) is 0 Å². The number of anilines is 1. The van der Waals surface area contributed by atoms with Crippen LogP contribution in [-0.2, 0) is 9.59 Å². The van der Waals surface area contributed by atoms with Crippen LogP contribution in [0.1, 0.15) is 26.2 Å². The van der Waals surface area contributed by atoms with Gasteiger partial charge < -0.3 is 10.4 Å². The second-order valence-corrected chi connectivity index (χ2v) is 5.88. The summed E-state index contributed by atoms with van der Waals surface area (Å²) in [6.45, 7) is 3.03. The molecule has 2 heterocycles. The van der Waals surface area contributed by atoms with E-state index in [2.05, 4.69) is 10.3 Å². The van der Waals surface area contributed by atoms with Gasteiger partial charge in [0.05, 0.1) is 10.9 Å². The molecule has 1 amide bonds. The van der Waals surface area contributed by atoms with E-state index in [0.717, 1.165) is 12.8 Å². The minimum absolute atomic E-state index is 0.125. The van der Waals surface area contributed by atoms with E-state index < -0.39 is 12.0 Å². The van der Waals surface area contributed by atoms with E-state index in [1.54, 1.807) is 12.1 Å². The number of aliphatic carboxylic acids is 1. The molecule has 0 spiro atoms. The first-order valence-electron chi connectivity index (χ1n) is 7.40. The first-order valence-corrected chi connectivity index (χ1v) is 7.78. The van der Waals surface area contributed by atoms with Gasteiger partial charge in [0.1, 0.15) is 11.9 Å². The van der Waals surface area contributed by atoms with Crippen LogP contribution in [0.4, 0.5) is 5.82 Å². The average Bonchev–Trinajstić information content (AvgIpc) is 2.50. The lowest BCUT2D eigenvalue weighted by atomic mass is 9.95. The minimum atomic E-state index is -0.831. The molecule has 0 aromatic carbocycles. The Hall–Kier alpha value is -1.66. The summed E-state index contributed by atoms with van der Waals surface area (Å²) in [5.41, 5.74) is 0. The van der Waals surface area contributed by atoms with Crippen LogP contribution in [0.15, 0.2) is 18.3 Å². The second-order valence-electron chi connectivity index (χ2n) is 5.45. The third-order valence-electron chi connectivity index (χ3n) is 3.91. The number of nitrogens with zero attached hydrogens (tertiary/aromatic N) is 2. The van der Waals surface area contributed by atoms with Crippen LogP contribution in [0.2, 0.25) is 5.02 Å². The number of hydrogen-bond donors (Lipinski definition) is 2. The van der Waals surface area contributed by atoms with Gasteiger partial charge in [-0.15, -0.1) is 0 Å². The van der Waals surface area contributed by atoms with E-state index in [1.165, 1.54) is 6.20 Å². The zero-order valence-corrected chi connectivity index (χ0v) is 13.2. The molecule has 2 rings (SSSR count). The second kappa shape index (κ2) is 7.56. The predicted molar refractivity (Wildman–Crippen MR) is 83.9 cm³/mol. The van der Waals surface area contributed by atoms with Crippen molar-refractivity contribution in [1.29, 1.82) is 0 Å². The molecule has 2 N–H and O–H groups in total. The number of carbonyl (C=O) groups excluding carboxylic acids is 1. The summed E-state index contributed by atoms with van der Waals surface area (Å²) in [6.07, 6.45) is 3.58. The Morgan fingerprint density at radius 3 is 2.91 bits per heavy atom. The van der Waals surface area contributed by atoms with Crippen LogP contribution in [0.3, 0.4) is 0 Å². The molecule has 2 unspecified atom stereocenters. The van der Waals surface area contributed by atoms with Crippen LogP contribution >= 0.6 is 11.6 Å². The molecular weight excluding hydrogens is 306 g/mol. The lowest BCUT2D eigenvalue weighted by Gasteiger charge is -2.35. The number of rotatable bonds is 5. The fourth-order valence-corrected chi connectivity index (χ4v) is 2.88. The highest BCUT2D eigenvalue weighted by molar-refractivity contribution is 6.30. The van der Waals surface area contributed by atoms with Crippen LogP contribution in [0.25, 0.3) is 0 Å². The minimum Gasteiger partial charge on any atom is -0.480 e.